The van der Waals surface area contributed by atoms with Crippen LogP contribution in [0.3, 0.4) is 0 Å². The molecule has 24 heavy (non-hydrogen) atoms. The van der Waals surface area contributed by atoms with E-state index < -0.39 is 11.8 Å². The molecule has 0 aromatic heterocycles. The second kappa shape index (κ2) is 5.31. The zero-order valence-electron chi connectivity index (χ0n) is 13.3. The Balaban J connectivity index is 2.31. The zero-order valence-corrected chi connectivity index (χ0v) is 13.3. The van der Waals surface area contributed by atoms with Gasteiger partial charge in [-0.05, 0) is 30.7 Å². The van der Waals surface area contributed by atoms with Crippen LogP contribution in [0, 0.1) is 6.92 Å². The number of aliphatic hydroxyl groups is 1. The van der Waals surface area contributed by atoms with E-state index in [4.69, 9.17) is 14.2 Å². The standard InChI is InChI=1S/C17H16O7/c1-8-4-11(15(19)13(5-8)23-3)17(21)10-6-9(18)7-12(22-2)14(10)16(20)24-17/h4-7,18-19,21H,1-3H3/t17-/m1/s1. The summed E-state index contributed by atoms with van der Waals surface area (Å²) < 4.78 is 15.3. The zero-order chi connectivity index (χ0) is 17.6. The Labute approximate surface area is 137 Å². The molecule has 0 bridgehead atoms. The summed E-state index contributed by atoms with van der Waals surface area (Å²) in [6, 6.07) is 5.47. The molecular formula is C17H16O7. The van der Waals surface area contributed by atoms with Crippen molar-refractivity contribution in [3.8, 4) is 23.0 Å². The van der Waals surface area contributed by atoms with Crippen LogP contribution in [0.4, 0.5) is 0 Å². The molecule has 0 amide bonds. The van der Waals surface area contributed by atoms with Gasteiger partial charge in [0.15, 0.2) is 11.5 Å². The van der Waals surface area contributed by atoms with Crippen LogP contribution in [0.2, 0.25) is 0 Å². The van der Waals surface area contributed by atoms with Gasteiger partial charge < -0.3 is 29.5 Å². The number of aromatic hydroxyl groups is 2. The summed E-state index contributed by atoms with van der Waals surface area (Å²) in [5, 5.41) is 31.3. The summed E-state index contributed by atoms with van der Waals surface area (Å²) in [4.78, 5) is 12.2. The molecule has 126 valence electrons. The molecule has 2 aromatic carbocycles. The molecule has 7 heteroatoms. The smallest absolute Gasteiger partial charge is 0.345 e. The molecule has 0 saturated carbocycles. The number of carbonyl (C=O) groups excluding carboxylic acids is 1. The highest BCUT2D eigenvalue weighted by Crippen LogP contribution is 2.49. The Hall–Kier alpha value is -2.93. The third-order valence-corrected chi connectivity index (χ3v) is 3.92. The molecule has 0 radical (unpaired) electrons. The molecule has 0 spiro atoms. The van der Waals surface area contributed by atoms with Crippen LogP contribution in [-0.2, 0) is 10.5 Å². The van der Waals surface area contributed by atoms with Gasteiger partial charge in [-0.15, -0.1) is 0 Å². The molecule has 3 N–H and O–H groups in total. The Morgan fingerprint density at radius 3 is 2.29 bits per heavy atom. The summed E-state index contributed by atoms with van der Waals surface area (Å²) in [7, 11) is 2.69. The van der Waals surface area contributed by atoms with Gasteiger partial charge in [0, 0.05) is 6.07 Å². The molecule has 1 aliphatic rings. The Kier molecular flexibility index (Phi) is 3.53. The van der Waals surface area contributed by atoms with Crippen molar-refractivity contribution in [3.63, 3.8) is 0 Å². The minimum atomic E-state index is -2.28. The van der Waals surface area contributed by atoms with Crippen molar-refractivity contribution in [2.75, 3.05) is 14.2 Å². The normalized spacial score (nSPS) is 18.9. The van der Waals surface area contributed by atoms with E-state index in [9.17, 15) is 20.1 Å². The van der Waals surface area contributed by atoms with E-state index >= 15 is 0 Å². The van der Waals surface area contributed by atoms with E-state index in [1.807, 2.05) is 0 Å². The summed E-state index contributed by atoms with van der Waals surface area (Å²) in [6.07, 6.45) is 0. The fourth-order valence-electron chi connectivity index (χ4n) is 2.84. The van der Waals surface area contributed by atoms with E-state index in [-0.39, 0.29) is 39.7 Å². The Morgan fingerprint density at radius 2 is 1.67 bits per heavy atom. The van der Waals surface area contributed by atoms with Crippen molar-refractivity contribution in [1.82, 2.24) is 0 Å². The van der Waals surface area contributed by atoms with Crippen LogP contribution in [0.25, 0.3) is 0 Å². The highest BCUT2D eigenvalue weighted by Gasteiger charge is 2.50. The van der Waals surface area contributed by atoms with Gasteiger partial charge in [-0.2, -0.15) is 0 Å². The third-order valence-electron chi connectivity index (χ3n) is 3.92. The van der Waals surface area contributed by atoms with Crippen molar-refractivity contribution >= 4 is 5.97 Å². The van der Waals surface area contributed by atoms with Crippen LogP contribution in [-0.4, -0.2) is 35.5 Å². The number of phenolic OH excluding ortho intramolecular Hbond substituents is 2. The fourth-order valence-corrected chi connectivity index (χ4v) is 2.84. The molecule has 1 heterocycles. The van der Waals surface area contributed by atoms with Crippen molar-refractivity contribution < 1.29 is 34.3 Å². The molecule has 0 fully saturated rings. The number of aryl methyl sites for hydroxylation is 1. The number of hydrogen-bond acceptors (Lipinski definition) is 7. The summed E-state index contributed by atoms with van der Waals surface area (Å²) in [5.74, 6) is -3.51. The fraction of sp³-hybridized carbons (Fsp3) is 0.235. The quantitative estimate of drug-likeness (QED) is 0.736. The highest BCUT2D eigenvalue weighted by atomic mass is 16.7. The minimum Gasteiger partial charge on any atom is -0.508 e. The minimum absolute atomic E-state index is 0.0160. The molecule has 0 aliphatic carbocycles. The van der Waals surface area contributed by atoms with Gasteiger partial charge >= 0.3 is 5.97 Å². The van der Waals surface area contributed by atoms with Gasteiger partial charge in [0.05, 0.1) is 25.3 Å². The van der Waals surface area contributed by atoms with E-state index in [1.54, 1.807) is 13.0 Å². The van der Waals surface area contributed by atoms with Gasteiger partial charge in [0.25, 0.3) is 5.79 Å². The van der Waals surface area contributed by atoms with Gasteiger partial charge in [0.1, 0.15) is 17.1 Å². The molecular weight excluding hydrogens is 316 g/mol. The number of ether oxygens (including phenoxy) is 3. The first kappa shape index (κ1) is 15.9. The lowest BCUT2D eigenvalue weighted by molar-refractivity contribution is -0.130. The lowest BCUT2D eigenvalue weighted by atomic mass is 9.93. The number of methoxy groups -OCH3 is 2. The average Bonchev–Trinajstić information content (AvgIpc) is 2.80. The van der Waals surface area contributed by atoms with Crippen molar-refractivity contribution in [2.45, 2.75) is 12.7 Å². The van der Waals surface area contributed by atoms with Gasteiger partial charge in [-0.25, -0.2) is 4.79 Å². The maximum Gasteiger partial charge on any atom is 0.345 e. The number of cyclic esters (lactones) is 1. The molecule has 0 unspecified atom stereocenters. The Morgan fingerprint density at radius 1 is 1.00 bits per heavy atom. The van der Waals surface area contributed by atoms with E-state index in [2.05, 4.69) is 0 Å². The van der Waals surface area contributed by atoms with Crippen LogP contribution >= 0.6 is 0 Å². The monoisotopic (exact) mass is 332 g/mol. The first-order chi connectivity index (χ1) is 11.3. The predicted octanol–water partition coefficient (Wildman–Crippen LogP) is 1.79. The number of fused-ring (bicyclic) bond motifs is 1. The molecule has 3 rings (SSSR count). The number of carbonyl (C=O) groups is 1. The highest BCUT2D eigenvalue weighted by molar-refractivity contribution is 5.98. The lowest BCUT2D eigenvalue weighted by Gasteiger charge is -2.25. The summed E-state index contributed by atoms with van der Waals surface area (Å²) in [5.41, 5.74) is 0.564. The van der Waals surface area contributed by atoms with Crippen LogP contribution in [0.5, 0.6) is 23.0 Å². The number of benzene rings is 2. The molecule has 1 aliphatic heterocycles. The third kappa shape index (κ3) is 2.13. The van der Waals surface area contributed by atoms with E-state index in [0.717, 1.165) is 0 Å². The first-order valence-electron chi connectivity index (χ1n) is 7.07. The van der Waals surface area contributed by atoms with Crippen molar-refractivity contribution in [2.24, 2.45) is 0 Å². The molecule has 7 nitrogen and oxygen atoms in total. The summed E-state index contributed by atoms with van der Waals surface area (Å²) in [6.45, 7) is 1.73. The second-order valence-electron chi connectivity index (χ2n) is 5.47. The number of phenols is 2. The largest absolute Gasteiger partial charge is 0.508 e. The van der Waals surface area contributed by atoms with Crippen LogP contribution in [0.1, 0.15) is 27.0 Å². The Bertz CT molecular complexity index is 843. The maximum absolute atomic E-state index is 12.2. The second-order valence-corrected chi connectivity index (χ2v) is 5.47. The molecule has 0 saturated heterocycles. The van der Waals surface area contributed by atoms with Crippen LogP contribution < -0.4 is 9.47 Å². The topological polar surface area (TPSA) is 105 Å². The predicted molar refractivity (Wildman–Crippen MR) is 82.5 cm³/mol. The SMILES string of the molecule is COc1cc(C)cc([C@]2(O)OC(=O)c3c(OC)cc(O)cc32)c1O. The molecule has 1 atom stereocenters. The number of rotatable bonds is 3. The number of hydrogen-bond donors (Lipinski definition) is 3. The van der Waals surface area contributed by atoms with E-state index in [0.29, 0.717) is 5.56 Å². The average molecular weight is 332 g/mol. The van der Waals surface area contributed by atoms with Crippen molar-refractivity contribution in [3.05, 3.63) is 46.5 Å². The lowest BCUT2D eigenvalue weighted by Crippen LogP contribution is -2.27. The van der Waals surface area contributed by atoms with Gasteiger partial charge in [-0.3, -0.25) is 0 Å². The first-order valence-corrected chi connectivity index (χ1v) is 7.07. The summed E-state index contributed by atoms with van der Waals surface area (Å²) >= 11 is 0. The van der Waals surface area contributed by atoms with Gasteiger partial charge in [-0.1, -0.05) is 0 Å². The molecule has 2 aromatic rings. The van der Waals surface area contributed by atoms with Crippen LogP contribution in [0.15, 0.2) is 24.3 Å². The van der Waals surface area contributed by atoms with Gasteiger partial charge in [0.2, 0.25) is 0 Å². The van der Waals surface area contributed by atoms with E-state index in [1.165, 1.54) is 32.4 Å². The number of esters is 1. The van der Waals surface area contributed by atoms with Crippen molar-refractivity contribution in [1.29, 1.82) is 0 Å². The maximum atomic E-state index is 12.2.